The lowest BCUT2D eigenvalue weighted by atomic mass is 10.0. The van der Waals surface area contributed by atoms with E-state index in [0.29, 0.717) is 5.92 Å². The van der Waals surface area contributed by atoms with Gasteiger partial charge in [-0.3, -0.25) is 4.99 Å². The number of nitrogens with zero attached hydrogens (tertiary/aromatic N) is 2. The van der Waals surface area contributed by atoms with E-state index in [0.717, 1.165) is 30.2 Å². The highest BCUT2D eigenvalue weighted by Gasteiger charge is 2.63. The van der Waals surface area contributed by atoms with Gasteiger partial charge in [0.05, 0.1) is 5.69 Å². The molecule has 2 atom stereocenters. The summed E-state index contributed by atoms with van der Waals surface area (Å²) in [6, 6.07) is 0. The number of aromatic amines is 1. The average molecular weight is 214 g/mol. The summed E-state index contributed by atoms with van der Waals surface area (Å²) in [4.78, 5) is 12.7. The lowest BCUT2D eigenvalue weighted by Crippen LogP contribution is -2.21. The first-order valence-electron chi connectivity index (χ1n) is 5.87. The maximum Gasteiger partial charge on any atom is 0.112 e. The third kappa shape index (κ3) is 0.821. The fourth-order valence-electron chi connectivity index (χ4n) is 2.98. The van der Waals surface area contributed by atoms with Crippen LogP contribution in [0.4, 0.5) is 0 Å². The summed E-state index contributed by atoms with van der Waals surface area (Å²) in [6.45, 7) is 4.15. The molecule has 1 aliphatic heterocycles. The van der Waals surface area contributed by atoms with Crippen molar-refractivity contribution in [3.8, 4) is 0 Å². The Kier molecular flexibility index (Phi) is 1.28. The Morgan fingerprint density at radius 2 is 2.44 bits per heavy atom. The number of hydrogen-bond donors (Lipinski definition) is 2. The van der Waals surface area contributed by atoms with Gasteiger partial charge in [0.25, 0.3) is 0 Å². The Bertz CT molecular complexity index is 551. The minimum atomic E-state index is 0.0529. The molecule has 2 N–H and O–H groups in total. The van der Waals surface area contributed by atoms with Gasteiger partial charge in [-0.2, -0.15) is 0 Å². The zero-order valence-corrected chi connectivity index (χ0v) is 9.46. The zero-order valence-electron chi connectivity index (χ0n) is 9.46. The number of rotatable bonds is 1. The molecule has 0 radical (unpaired) electrons. The van der Waals surface area contributed by atoms with Crippen LogP contribution in [0.3, 0.4) is 0 Å². The zero-order chi connectivity index (χ0) is 10.9. The summed E-state index contributed by atoms with van der Waals surface area (Å²) in [6.07, 6.45) is 4.27. The van der Waals surface area contributed by atoms with Crippen molar-refractivity contribution in [3.63, 3.8) is 0 Å². The van der Waals surface area contributed by atoms with Crippen molar-refractivity contribution in [3.05, 3.63) is 22.9 Å². The first-order chi connectivity index (χ1) is 7.73. The van der Waals surface area contributed by atoms with Crippen molar-refractivity contribution in [1.82, 2.24) is 15.3 Å². The number of hydrogen-bond acceptors (Lipinski definition) is 3. The summed E-state index contributed by atoms with van der Waals surface area (Å²) in [5.41, 5.74) is 3.69. The summed E-state index contributed by atoms with van der Waals surface area (Å²) < 4.78 is 0. The first-order valence-corrected chi connectivity index (χ1v) is 5.87. The van der Waals surface area contributed by atoms with Crippen LogP contribution in [0.1, 0.15) is 42.9 Å². The van der Waals surface area contributed by atoms with Gasteiger partial charge < -0.3 is 10.3 Å². The number of aliphatic imine (C=N–C) groups is 1. The largest absolute Gasteiger partial charge is 0.345 e. The molecule has 1 spiro atoms. The Morgan fingerprint density at radius 1 is 1.56 bits per heavy atom. The van der Waals surface area contributed by atoms with Crippen LogP contribution in [0.2, 0.25) is 0 Å². The minimum absolute atomic E-state index is 0.0529. The summed E-state index contributed by atoms with van der Waals surface area (Å²) >= 11 is 0. The Morgan fingerprint density at radius 3 is 3.25 bits per heavy atom. The number of aryl methyl sites for hydroxylation is 1. The van der Waals surface area contributed by atoms with E-state index in [1.165, 1.54) is 11.4 Å². The molecule has 0 amide bonds. The standard InChI is InChI=1S/C12H14N4/c1-3-10-15-9-4-8-11(14-6(2)13-8)7-5-12(7,9)16-10/h4,7H,3,5H2,1-2H3,(H,13,14)(H,15,16). The van der Waals surface area contributed by atoms with Gasteiger partial charge in [-0.1, -0.05) is 6.92 Å². The van der Waals surface area contributed by atoms with E-state index in [2.05, 4.69) is 28.3 Å². The predicted molar refractivity (Wildman–Crippen MR) is 62.3 cm³/mol. The summed E-state index contributed by atoms with van der Waals surface area (Å²) in [7, 11) is 0. The van der Waals surface area contributed by atoms with E-state index in [1.807, 2.05) is 6.92 Å². The lowest BCUT2D eigenvalue weighted by molar-refractivity contribution is 0.756. The van der Waals surface area contributed by atoms with Gasteiger partial charge in [-0.25, -0.2) is 4.98 Å². The first kappa shape index (κ1) is 8.56. The third-order valence-corrected chi connectivity index (χ3v) is 3.86. The fourth-order valence-corrected chi connectivity index (χ4v) is 2.98. The molecular formula is C12H14N4. The molecule has 4 rings (SSSR count). The van der Waals surface area contributed by atoms with Gasteiger partial charge >= 0.3 is 0 Å². The molecule has 0 bridgehead atoms. The summed E-state index contributed by atoms with van der Waals surface area (Å²) in [5.74, 6) is 2.65. The number of amidine groups is 1. The molecule has 4 nitrogen and oxygen atoms in total. The van der Waals surface area contributed by atoms with Crippen molar-refractivity contribution in [2.24, 2.45) is 4.99 Å². The van der Waals surface area contributed by atoms with Gasteiger partial charge in [0.2, 0.25) is 0 Å². The second-order valence-electron chi connectivity index (χ2n) is 4.90. The predicted octanol–water partition coefficient (Wildman–Crippen LogP) is 1.71. The van der Waals surface area contributed by atoms with Crippen LogP contribution in [-0.4, -0.2) is 21.3 Å². The van der Waals surface area contributed by atoms with Crippen LogP contribution in [0.25, 0.3) is 6.08 Å². The maximum atomic E-state index is 4.83. The quantitative estimate of drug-likeness (QED) is 0.747. The number of fused-ring (bicyclic) bond motifs is 2. The van der Waals surface area contributed by atoms with Crippen molar-refractivity contribution >= 4 is 11.9 Å². The Labute approximate surface area is 93.9 Å². The van der Waals surface area contributed by atoms with Crippen molar-refractivity contribution in [2.45, 2.75) is 38.1 Å². The van der Waals surface area contributed by atoms with Crippen molar-refractivity contribution in [2.75, 3.05) is 0 Å². The number of aromatic nitrogens is 2. The lowest BCUT2D eigenvalue weighted by Gasteiger charge is -2.13. The number of imidazole rings is 1. The molecule has 82 valence electrons. The molecular weight excluding hydrogens is 200 g/mol. The van der Waals surface area contributed by atoms with Crippen LogP contribution < -0.4 is 5.32 Å². The molecule has 0 saturated heterocycles. The fraction of sp³-hybridized carbons (Fsp3) is 0.500. The molecule has 1 saturated carbocycles. The second kappa shape index (κ2) is 2.39. The monoisotopic (exact) mass is 214 g/mol. The van der Waals surface area contributed by atoms with E-state index in [1.54, 1.807) is 0 Å². The van der Waals surface area contributed by atoms with Crippen LogP contribution in [0.15, 0.2) is 10.7 Å². The van der Waals surface area contributed by atoms with Crippen LogP contribution in [-0.2, 0) is 0 Å². The highest BCUT2D eigenvalue weighted by atomic mass is 15.2. The Balaban J connectivity index is 1.87. The maximum absolute atomic E-state index is 4.83. The van der Waals surface area contributed by atoms with E-state index >= 15 is 0 Å². The molecule has 1 aromatic rings. The number of nitrogens with one attached hydrogen (secondary N) is 2. The molecule has 4 heteroatoms. The van der Waals surface area contributed by atoms with E-state index < -0.39 is 0 Å². The van der Waals surface area contributed by atoms with Crippen molar-refractivity contribution in [1.29, 1.82) is 0 Å². The molecule has 16 heavy (non-hydrogen) atoms. The highest BCUT2D eigenvalue weighted by molar-refractivity contribution is 5.91. The van der Waals surface area contributed by atoms with Crippen LogP contribution in [0, 0.1) is 6.92 Å². The van der Waals surface area contributed by atoms with E-state index in [4.69, 9.17) is 4.99 Å². The Hall–Kier alpha value is -1.58. The van der Waals surface area contributed by atoms with Gasteiger partial charge in [0, 0.05) is 23.7 Å². The molecule has 1 fully saturated rings. The molecule has 2 aliphatic carbocycles. The summed E-state index contributed by atoms with van der Waals surface area (Å²) in [5, 5.41) is 3.43. The average Bonchev–Trinajstić information content (AvgIpc) is 2.69. The van der Waals surface area contributed by atoms with Gasteiger partial charge in [0.15, 0.2) is 0 Å². The van der Waals surface area contributed by atoms with E-state index in [-0.39, 0.29) is 5.54 Å². The second-order valence-corrected chi connectivity index (χ2v) is 4.90. The van der Waals surface area contributed by atoms with Crippen LogP contribution >= 0.6 is 0 Å². The smallest absolute Gasteiger partial charge is 0.112 e. The van der Waals surface area contributed by atoms with Crippen molar-refractivity contribution < 1.29 is 0 Å². The molecule has 0 aromatic carbocycles. The van der Waals surface area contributed by atoms with Gasteiger partial charge in [0.1, 0.15) is 17.2 Å². The minimum Gasteiger partial charge on any atom is -0.345 e. The SMILES string of the molecule is CCC1=NC23CC2c2[nH]c(C)nc2C=C3N1. The molecule has 3 aliphatic rings. The normalized spacial score (nSPS) is 33.2. The topological polar surface area (TPSA) is 53.1 Å². The molecule has 1 aromatic heterocycles. The number of H-pyrrole nitrogens is 1. The van der Waals surface area contributed by atoms with E-state index in [9.17, 15) is 0 Å². The highest BCUT2D eigenvalue weighted by Crippen LogP contribution is 2.62. The molecule has 2 unspecified atom stereocenters. The molecule has 2 heterocycles. The third-order valence-electron chi connectivity index (χ3n) is 3.86. The van der Waals surface area contributed by atoms with Crippen LogP contribution in [0.5, 0.6) is 0 Å². The van der Waals surface area contributed by atoms with Gasteiger partial charge in [-0.05, 0) is 19.4 Å². The van der Waals surface area contributed by atoms with Gasteiger partial charge in [-0.15, -0.1) is 0 Å².